The molecule has 2 aromatic carbocycles. The predicted molar refractivity (Wildman–Crippen MR) is 107 cm³/mol. The molecule has 0 fully saturated rings. The second-order valence-corrected chi connectivity index (χ2v) is 7.16. The Morgan fingerprint density at radius 3 is 2.59 bits per heavy atom. The standard InChI is InChI=1S/C23H29NO3/c1-4-21(27-20-14-13-17-9-5-6-10-18(17)15-20)23(25)24(2)16-19-11-7-8-12-22(19)26-3/h7-8,11-15,21H,4-6,9-10,16H2,1-3H3/t21-/m0/s1. The van der Waals surface area contributed by atoms with Crippen molar-refractivity contribution in [3.05, 3.63) is 59.2 Å². The lowest BCUT2D eigenvalue weighted by atomic mass is 9.92. The van der Waals surface area contributed by atoms with E-state index in [-0.39, 0.29) is 5.91 Å². The number of carbonyl (C=O) groups excluding carboxylic acids is 1. The fourth-order valence-electron chi connectivity index (χ4n) is 3.67. The number of likely N-dealkylation sites (N-methyl/N-ethyl adjacent to an activating group) is 1. The molecule has 0 unspecified atom stereocenters. The number of para-hydroxylation sites is 1. The summed E-state index contributed by atoms with van der Waals surface area (Å²) < 4.78 is 11.5. The number of hydrogen-bond acceptors (Lipinski definition) is 3. The highest BCUT2D eigenvalue weighted by Crippen LogP contribution is 2.26. The summed E-state index contributed by atoms with van der Waals surface area (Å²) in [7, 11) is 3.46. The van der Waals surface area contributed by atoms with Gasteiger partial charge in [-0.25, -0.2) is 0 Å². The second-order valence-electron chi connectivity index (χ2n) is 7.16. The molecule has 0 saturated heterocycles. The summed E-state index contributed by atoms with van der Waals surface area (Å²) >= 11 is 0. The van der Waals surface area contributed by atoms with E-state index < -0.39 is 6.10 Å². The molecule has 2 aromatic rings. The molecule has 144 valence electrons. The Morgan fingerprint density at radius 1 is 1.11 bits per heavy atom. The number of benzene rings is 2. The summed E-state index contributed by atoms with van der Waals surface area (Å²) in [6, 6.07) is 14.0. The smallest absolute Gasteiger partial charge is 0.263 e. The van der Waals surface area contributed by atoms with Crippen LogP contribution in [0.15, 0.2) is 42.5 Å². The number of aryl methyl sites for hydroxylation is 2. The molecule has 1 aliphatic rings. The first-order valence-corrected chi connectivity index (χ1v) is 9.77. The molecule has 4 heteroatoms. The molecule has 0 bridgehead atoms. The van der Waals surface area contributed by atoms with Crippen LogP contribution in [0.2, 0.25) is 0 Å². The van der Waals surface area contributed by atoms with Crippen LogP contribution in [0, 0.1) is 0 Å². The highest BCUT2D eigenvalue weighted by molar-refractivity contribution is 5.81. The summed E-state index contributed by atoms with van der Waals surface area (Å²) in [5.41, 5.74) is 3.77. The van der Waals surface area contributed by atoms with Crippen LogP contribution in [0.3, 0.4) is 0 Å². The molecule has 1 aliphatic carbocycles. The minimum Gasteiger partial charge on any atom is -0.496 e. The Hall–Kier alpha value is -2.49. The van der Waals surface area contributed by atoms with E-state index in [0.29, 0.717) is 13.0 Å². The molecule has 0 aromatic heterocycles. The number of fused-ring (bicyclic) bond motifs is 1. The van der Waals surface area contributed by atoms with Crippen LogP contribution in [-0.2, 0) is 24.2 Å². The number of rotatable bonds is 7. The Morgan fingerprint density at radius 2 is 1.85 bits per heavy atom. The SMILES string of the molecule is CC[C@H](Oc1ccc2c(c1)CCCC2)C(=O)N(C)Cc1ccccc1OC. The van der Waals surface area contributed by atoms with E-state index in [1.807, 2.05) is 44.3 Å². The van der Waals surface area contributed by atoms with Gasteiger partial charge in [-0.3, -0.25) is 4.79 Å². The van der Waals surface area contributed by atoms with E-state index in [1.165, 1.54) is 24.0 Å². The maximum Gasteiger partial charge on any atom is 0.263 e. The van der Waals surface area contributed by atoms with Gasteiger partial charge in [0.15, 0.2) is 6.10 Å². The average Bonchev–Trinajstić information content (AvgIpc) is 2.71. The van der Waals surface area contributed by atoms with Gasteiger partial charge in [0.05, 0.1) is 7.11 Å². The largest absolute Gasteiger partial charge is 0.496 e. The number of amides is 1. The van der Waals surface area contributed by atoms with Crippen molar-refractivity contribution in [2.45, 2.75) is 51.7 Å². The van der Waals surface area contributed by atoms with E-state index in [0.717, 1.165) is 29.9 Å². The maximum absolute atomic E-state index is 12.9. The van der Waals surface area contributed by atoms with Crippen LogP contribution in [0.4, 0.5) is 0 Å². The summed E-state index contributed by atoms with van der Waals surface area (Å²) in [5.74, 6) is 1.57. The van der Waals surface area contributed by atoms with Crippen LogP contribution >= 0.6 is 0 Å². The summed E-state index contributed by atoms with van der Waals surface area (Å²) in [5, 5.41) is 0. The summed E-state index contributed by atoms with van der Waals surface area (Å²) in [4.78, 5) is 14.6. The van der Waals surface area contributed by atoms with Crippen molar-refractivity contribution in [3.63, 3.8) is 0 Å². The van der Waals surface area contributed by atoms with Gasteiger partial charge in [-0.1, -0.05) is 31.2 Å². The molecule has 0 spiro atoms. The topological polar surface area (TPSA) is 38.8 Å². The molecule has 27 heavy (non-hydrogen) atoms. The molecule has 1 atom stereocenters. The van der Waals surface area contributed by atoms with Gasteiger partial charge in [-0.2, -0.15) is 0 Å². The third kappa shape index (κ3) is 4.62. The van der Waals surface area contributed by atoms with E-state index in [9.17, 15) is 4.79 Å². The molecular formula is C23H29NO3. The van der Waals surface area contributed by atoms with E-state index in [1.54, 1.807) is 12.0 Å². The van der Waals surface area contributed by atoms with Crippen LogP contribution in [0.5, 0.6) is 11.5 Å². The van der Waals surface area contributed by atoms with Crippen molar-refractivity contribution in [3.8, 4) is 11.5 Å². The maximum atomic E-state index is 12.9. The Kier molecular flexibility index (Phi) is 6.38. The van der Waals surface area contributed by atoms with Gasteiger partial charge in [-0.05, 0) is 61.4 Å². The minimum absolute atomic E-state index is 0.0128. The first kappa shape index (κ1) is 19.3. The monoisotopic (exact) mass is 367 g/mol. The molecular weight excluding hydrogens is 338 g/mol. The van der Waals surface area contributed by atoms with E-state index in [4.69, 9.17) is 9.47 Å². The highest BCUT2D eigenvalue weighted by atomic mass is 16.5. The first-order chi connectivity index (χ1) is 13.1. The Labute approximate surface area is 162 Å². The Bertz CT molecular complexity index is 787. The van der Waals surface area contributed by atoms with Crippen molar-refractivity contribution in [2.75, 3.05) is 14.2 Å². The number of hydrogen-bond donors (Lipinski definition) is 0. The van der Waals surface area contributed by atoms with E-state index >= 15 is 0 Å². The molecule has 3 rings (SSSR count). The second kappa shape index (κ2) is 8.94. The van der Waals surface area contributed by atoms with Crippen molar-refractivity contribution in [1.29, 1.82) is 0 Å². The lowest BCUT2D eigenvalue weighted by molar-refractivity contribution is -0.138. The molecule has 1 amide bonds. The first-order valence-electron chi connectivity index (χ1n) is 9.77. The zero-order valence-corrected chi connectivity index (χ0v) is 16.5. The van der Waals surface area contributed by atoms with Gasteiger partial charge >= 0.3 is 0 Å². The fraction of sp³-hybridized carbons (Fsp3) is 0.435. The van der Waals surface area contributed by atoms with Gasteiger partial charge in [0.1, 0.15) is 11.5 Å². The third-order valence-corrected chi connectivity index (χ3v) is 5.22. The van der Waals surface area contributed by atoms with Crippen LogP contribution in [0.25, 0.3) is 0 Å². The zero-order valence-electron chi connectivity index (χ0n) is 16.5. The third-order valence-electron chi connectivity index (χ3n) is 5.22. The normalized spacial score (nSPS) is 14.2. The number of carbonyl (C=O) groups is 1. The fourth-order valence-corrected chi connectivity index (χ4v) is 3.67. The van der Waals surface area contributed by atoms with Crippen LogP contribution in [0.1, 0.15) is 42.9 Å². The molecule has 0 radical (unpaired) electrons. The lowest BCUT2D eigenvalue weighted by Gasteiger charge is -2.25. The minimum atomic E-state index is -0.480. The molecule has 0 aliphatic heterocycles. The molecule has 0 N–H and O–H groups in total. The zero-order chi connectivity index (χ0) is 19.2. The molecule has 0 saturated carbocycles. The molecule has 4 nitrogen and oxygen atoms in total. The summed E-state index contributed by atoms with van der Waals surface area (Å²) in [6.07, 6.45) is 4.89. The quantitative estimate of drug-likeness (QED) is 0.728. The van der Waals surface area contributed by atoms with Crippen LogP contribution < -0.4 is 9.47 Å². The number of nitrogens with zero attached hydrogens (tertiary/aromatic N) is 1. The van der Waals surface area contributed by atoms with Gasteiger partial charge in [-0.15, -0.1) is 0 Å². The van der Waals surface area contributed by atoms with Crippen molar-refractivity contribution < 1.29 is 14.3 Å². The van der Waals surface area contributed by atoms with Crippen LogP contribution in [-0.4, -0.2) is 31.1 Å². The van der Waals surface area contributed by atoms with Gasteiger partial charge in [0.25, 0.3) is 5.91 Å². The van der Waals surface area contributed by atoms with E-state index in [2.05, 4.69) is 12.1 Å². The number of methoxy groups -OCH3 is 1. The molecule has 0 heterocycles. The predicted octanol–water partition coefficient (Wildman–Crippen LogP) is 4.39. The average molecular weight is 367 g/mol. The lowest BCUT2D eigenvalue weighted by Crippen LogP contribution is -2.39. The highest BCUT2D eigenvalue weighted by Gasteiger charge is 2.23. The van der Waals surface area contributed by atoms with Crippen molar-refractivity contribution >= 4 is 5.91 Å². The van der Waals surface area contributed by atoms with Gasteiger partial charge in [0.2, 0.25) is 0 Å². The summed E-state index contributed by atoms with van der Waals surface area (Å²) in [6.45, 7) is 2.48. The van der Waals surface area contributed by atoms with Crippen molar-refractivity contribution in [1.82, 2.24) is 4.90 Å². The van der Waals surface area contributed by atoms with Gasteiger partial charge in [0, 0.05) is 19.2 Å². The number of ether oxygens (including phenoxy) is 2. The van der Waals surface area contributed by atoms with Gasteiger partial charge < -0.3 is 14.4 Å². The Balaban J connectivity index is 1.68. The van der Waals surface area contributed by atoms with Crippen molar-refractivity contribution in [2.24, 2.45) is 0 Å².